The van der Waals surface area contributed by atoms with Gasteiger partial charge in [-0.2, -0.15) is 0 Å². The molecule has 5 heteroatoms. The molecule has 2 atom stereocenters. The average molecular weight is 315 g/mol. The Morgan fingerprint density at radius 2 is 1.78 bits per heavy atom. The number of benzene rings is 2. The molecule has 0 aromatic heterocycles. The van der Waals surface area contributed by atoms with Crippen LogP contribution in [0.5, 0.6) is 11.5 Å². The van der Waals surface area contributed by atoms with Gasteiger partial charge in [0.25, 0.3) is 0 Å². The topological polar surface area (TPSA) is 61.6 Å². The Kier molecular flexibility index (Phi) is 4.37. The first-order chi connectivity index (χ1) is 11.2. The Morgan fingerprint density at radius 1 is 1.09 bits per heavy atom. The van der Waals surface area contributed by atoms with Gasteiger partial charge in [-0.25, -0.2) is 0 Å². The van der Waals surface area contributed by atoms with Crippen molar-refractivity contribution in [1.82, 2.24) is 0 Å². The molecule has 3 rings (SSSR count). The molecule has 0 heterocycles. The van der Waals surface area contributed by atoms with Crippen LogP contribution in [0.2, 0.25) is 0 Å². The smallest absolute Gasteiger partial charge is 0.220 e. The number of ether oxygens (including phenoxy) is 2. The summed E-state index contributed by atoms with van der Waals surface area (Å²) in [5, 5.41) is 13.4. The first-order valence-electron chi connectivity index (χ1n) is 7.94. The van der Waals surface area contributed by atoms with Crippen molar-refractivity contribution in [3.8, 4) is 11.5 Å². The van der Waals surface area contributed by atoms with Gasteiger partial charge in [0.15, 0.2) is 0 Å². The van der Waals surface area contributed by atoms with Gasteiger partial charge >= 0.3 is 0 Å². The fourth-order valence-electron chi connectivity index (χ4n) is 3.73. The highest BCUT2D eigenvalue weighted by Crippen LogP contribution is 2.45. The van der Waals surface area contributed by atoms with Crippen LogP contribution in [0.25, 0.3) is 10.8 Å². The van der Waals surface area contributed by atoms with Crippen molar-refractivity contribution in [3.05, 3.63) is 46.0 Å². The molecule has 0 spiro atoms. The maximum Gasteiger partial charge on any atom is 0.220 e. The number of fused-ring (bicyclic) bond motifs is 1. The largest absolute Gasteiger partial charge is 0.496 e. The molecule has 122 valence electrons. The second-order valence-corrected chi connectivity index (χ2v) is 5.99. The van der Waals surface area contributed by atoms with Crippen LogP contribution in [0.3, 0.4) is 0 Å². The lowest BCUT2D eigenvalue weighted by Crippen LogP contribution is -2.30. The highest BCUT2D eigenvalue weighted by atomic mass is 16.6. The monoisotopic (exact) mass is 315 g/mol. The number of hydrogen-bond donors (Lipinski definition) is 0. The summed E-state index contributed by atoms with van der Waals surface area (Å²) in [5.74, 6) is 1.34. The van der Waals surface area contributed by atoms with E-state index in [-0.39, 0.29) is 10.8 Å². The molecular formula is C18H21NO4. The van der Waals surface area contributed by atoms with Gasteiger partial charge in [0.05, 0.1) is 20.1 Å². The molecule has 2 aromatic rings. The first-order valence-corrected chi connectivity index (χ1v) is 7.94. The van der Waals surface area contributed by atoms with E-state index in [9.17, 15) is 10.1 Å². The average Bonchev–Trinajstić information content (AvgIpc) is 2.60. The molecule has 1 aliphatic carbocycles. The minimum Gasteiger partial charge on any atom is -0.496 e. The van der Waals surface area contributed by atoms with Crippen LogP contribution in [0.4, 0.5) is 0 Å². The standard InChI is InChI=1S/C18H21NO4/c1-22-17-11-15(12-7-5-6-10-16(12)19(20)21)18(23-2)14-9-4-3-8-13(14)17/h3-4,8-9,11-12,16H,5-7,10H2,1-2H3/t12-,16-/m1/s1. The summed E-state index contributed by atoms with van der Waals surface area (Å²) in [6.45, 7) is 0. The molecule has 0 bridgehead atoms. The van der Waals surface area contributed by atoms with Crippen LogP contribution in [0.1, 0.15) is 37.2 Å². The number of hydrogen-bond acceptors (Lipinski definition) is 4. The third-order valence-electron chi connectivity index (χ3n) is 4.81. The van der Waals surface area contributed by atoms with Gasteiger partial charge in [0, 0.05) is 27.7 Å². The fraction of sp³-hybridized carbons (Fsp3) is 0.444. The van der Waals surface area contributed by atoms with Crippen molar-refractivity contribution >= 4 is 10.8 Å². The van der Waals surface area contributed by atoms with Gasteiger partial charge in [-0.1, -0.05) is 30.7 Å². The fourth-order valence-corrected chi connectivity index (χ4v) is 3.73. The summed E-state index contributed by atoms with van der Waals surface area (Å²) in [6.07, 6.45) is 3.35. The van der Waals surface area contributed by atoms with Crippen LogP contribution in [0.15, 0.2) is 30.3 Å². The van der Waals surface area contributed by atoms with Crippen LogP contribution in [-0.2, 0) is 0 Å². The van der Waals surface area contributed by atoms with E-state index in [1.165, 1.54) is 0 Å². The van der Waals surface area contributed by atoms with Gasteiger partial charge in [-0.05, 0) is 18.9 Å². The molecular weight excluding hydrogens is 294 g/mol. The van der Waals surface area contributed by atoms with Crippen LogP contribution in [0, 0.1) is 10.1 Å². The minimum atomic E-state index is -0.552. The molecule has 0 radical (unpaired) electrons. The maximum atomic E-state index is 11.5. The highest BCUT2D eigenvalue weighted by molar-refractivity contribution is 5.94. The number of nitrogens with zero attached hydrogens (tertiary/aromatic N) is 1. The Morgan fingerprint density at radius 3 is 2.43 bits per heavy atom. The number of methoxy groups -OCH3 is 2. The Labute approximate surface area is 135 Å². The van der Waals surface area contributed by atoms with E-state index in [0.717, 1.165) is 47.1 Å². The lowest BCUT2D eigenvalue weighted by molar-refractivity contribution is -0.530. The van der Waals surface area contributed by atoms with Crippen LogP contribution < -0.4 is 9.47 Å². The predicted octanol–water partition coefficient (Wildman–Crippen LogP) is 4.16. The van der Waals surface area contributed by atoms with E-state index < -0.39 is 6.04 Å². The molecule has 5 nitrogen and oxygen atoms in total. The third kappa shape index (κ3) is 2.71. The van der Waals surface area contributed by atoms with E-state index in [4.69, 9.17) is 9.47 Å². The lowest BCUT2D eigenvalue weighted by atomic mass is 9.79. The zero-order valence-electron chi connectivity index (χ0n) is 13.5. The zero-order chi connectivity index (χ0) is 16.4. The molecule has 2 aromatic carbocycles. The quantitative estimate of drug-likeness (QED) is 0.628. The van der Waals surface area contributed by atoms with Gasteiger partial charge in [0.2, 0.25) is 6.04 Å². The van der Waals surface area contributed by atoms with Crippen LogP contribution in [-0.4, -0.2) is 25.2 Å². The van der Waals surface area contributed by atoms with Crippen molar-refractivity contribution in [3.63, 3.8) is 0 Å². The Hall–Kier alpha value is -2.30. The highest BCUT2D eigenvalue weighted by Gasteiger charge is 2.37. The summed E-state index contributed by atoms with van der Waals surface area (Å²) in [4.78, 5) is 11.4. The Balaban J connectivity index is 2.21. The summed E-state index contributed by atoms with van der Waals surface area (Å²) < 4.78 is 11.2. The number of nitro groups is 1. The molecule has 1 saturated carbocycles. The molecule has 0 N–H and O–H groups in total. The van der Waals surface area contributed by atoms with Crippen molar-refractivity contribution in [1.29, 1.82) is 0 Å². The number of rotatable bonds is 4. The maximum absolute atomic E-state index is 11.5. The van der Waals surface area contributed by atoms with Crippen LogP contribution >= 0.6 is 0 Å². The van der Waals surface area contributed by atoms with Gasteiger partial charge in [0.1, 0.15) is 11.5 Å². The molecule has 0 unspecified atom stereocenters. The predicted molar refractivity (Wildman–Crippen MR) is 89.0 cm³/mol. The van der Waals surface area contributed by atoms with Crippen molar-refractivity contribution < 1.29 is 14.4 Å². The van der Waals surface area contributed by atoms with E-state index in [1.807, 2.05) is 30.3 Å². The summed E-state index contributed by atoms with van der Waals surface area (Å²) in [5.41, 5.74) is 0.893. The summed E-state index contributed by atoms with van der Waals surface area (Å²) in [7, 11) is 3.26. The molecule has 1 fully saturated rings. The van der Waals surface area contributed by atoms with Gasteiger partial charge in [-0.15, -0.1) is 0 Å². The first kappa shape index (κ1) is 15.6. The molecule has 0 amide bonds. The van der Waals surface area contributed by atoms with E-state index in [1.54, 1.807) is 14.2 Å². The second-order valence-electron chi connectivity index (χ2n) is 5.99. The SMILES string of the molecule is COc1cc([C@H]2CCCC[C@H]2[N+](=O)[O-])c(OC)c2ccccc12. The minimum absolute atomic E-state index is 0.132. The van der Waals surface area contributed by atoms with E-state index in [0.29, 0.717) is 6.42 Å². The van der Waals surface area contributed by atoms with Crippen molar-refractivity contribution in [2.75, 3.05) is 14.2 Å². The van der Waals surface area contributed by atoms with E-state index >= 15 is 0 Å². The van der Waals surface area contributed by atoms with Gasteiger partial charge in [-0.3, -0.25) is 10.1 Å². The Bertz CT molecular complexity index is 728. The second kappa shape index (κ2) is 6.44. The third-order valence-corrected chi connectivity index (χ3v) is 4.81. The molecule has 0 saturated heterocycles. The molecule has 0 aliphatic heterocycles. The molecule has 23 heavy (non-hydrogen) atoms. The van der Waals surface area contributed by atoms with Crippen molar-refractivity contribution in [2.45, 2.75) is 37.6 Å². The summed E-state index contributed by atoms with van der Waals surface area (Å²) >= 11 is 0. The zero-order valence-corrected chi connectivity index (χ0v) is 13.5. The van der Waals surface area contributed by atoms with Gasteiger partial charge < -0.3 is 9.47 Å². The summed E-state index contributed by atoms with van der Waals surface area (Å²) in [6, 6.07) is 9.22. The molecule has 1 aliphatic rings. The lowest BCUT2D eigenvalue weighted by Gasteiger charge is -2.28. The normalized spacial score (nSPS) is 21.1. The van der Waals surface area contributed by atoms with Crippen molar-refractivity contribution in [2.24, 2.45) is 0 Å². The van der Waals surface area contributed by atoms with E-state index in [2.05, 4.69) is 0 Å².